The van der Waals surface area contributed by atoms with Crippen molar-refractivity contribution in [3.63, 3.8) is 0 Å². The normalized spacial score (nSPS) is 11.3. The van der Waals surface area contributed by atoms with E-state index in [9.17, 15) is 4.79 Å². The Morgan fingerprint density at radius 1 is 0.970 bits per heavy atom. The zero-order chi connectivity index (χ0) is 22.8. The van der Waals surface area contributed by atoms with Crippen molar-refractivity contribution in [2.24, 2.45) is 0 Å². The van der Waals surface area contributed by atoms with Crippen molar-refractivity contribution in [1.29, 1.82) is 0 Å². The number of benzene rings is 3. The van der Waals surface area contributed by atoms with Gasteiger partial charge in [0.15, 0.2) is 5.69 Å². The predicted octanol–water partition coefficient (Wildman–Crippen LogP) is 5.77. The molecule has 33 heavy (non-hydrogen) atoms. The Labute approximate surface area is 191 Å². The lowest BCUT2D eigenvalue weighted by molar-refractivity contribution is 0.0514. The molecule has 0 radical (unpaired) electrons. The zero-order valence-electron chi connectivity index (χ0n) is 18.6. The van der Waals surface area contributed by atoms with Crippen molar-refractivity contribution in [2.75, 3.05) is 13.7 Å². The highest BCUT2D eigenvalue weighted by molar-refractivity contribution is 6.11. The fourth-order valence-corrected chi connectivity index (χ4v) is 4.18. The zero-order valence-corrected chi connectivity index (χ0v) is 18.6. The van der Waals surface area contributed by atoms with E-state index in [1.165, 1.54) is 10.8 Å². The largest absolute Gasteiger partial charge is 0.489 e. The third-order valence-electron chi connectivity index (χ3n) is 5.69. The second kappa shape index (κ2) is 8.92. The molecule has 2 aromatic heterocycles. The van der Waals surface area contributed by atoms with Gasteiger partial charge in [-0.2, -0.15) is 0 Å². The molecule has 0 bridgehead atoms. The number of carbonyl (C=O) groups is 1. The molecule has 0 spiro atoms. The van der Waals surface area contributed by atoms with Crippen molar-refractivity contribution < 1.29 is 19.0 Å². The fourth-order valence-electron chi connectivity index (χ4n) is 4.18. The van der Waals surface area contributed by atoms with Gasteiger partial charge < -0.3 is 19.2 Å². The smallest absolute Gasteiger partial charge is 0.357 e. The summed E-state index contributed by atoms with van der Waals surface area (Å²) in [5, 5.41) is 4.23. The van der Waals surface area contributed by atoms with E-state index in [0.717, 1.165) is 33.1 Å². The van der Waals surface area contributed by atoms with E-state index in [1.807, 2.05) is 30.3 Å². The molecule has 5 aromatic rings. The van der Waals surface area contributed by atoms with E-state index in [-0.39, 0.29) is 18.9 Å². The number of nitrogens with one attached hydrogen (secondary N) is 1. The summed E-state index contributed by atoms with van der Waals surface area (Å²) in [6.07, 6.45) is 1.66. The monoisotopic (exact) mass is 440 g/mol. The molecule has 5 rings (SSSR count). The SMILES string of the molecule is CCOC(=O)c1ncc2[nH]c3ccc(OCc4ccc5ccccc5c4)cc3c2c1COC. The summed E-state index contributed by atoms with van der Waals surface area (Å²) < 4.78 is 16.7. The van der Waals surface area contributed by atoms with Gasteiger partial charge in [-0.05, 0) is 47.5 Å². The Balaban J connectivity index is 1.52. The third kappa shape index (κ3) is 4.01. The van der Waals surface area contributed by atoms with E-state index in [0.29, 0.717) is 12.2 Å². The summed E-state index contributed by atoms with van der Waals surface area (Å²) >= 11 is 0. The minimum absolute atomic E-state index is 0.244. The molecule has 6 nitrogen and oxygen atoms in total. The molecular formula is C27H24N2O4. The number of ether oxygens (including phenoxy) is 3. The number of hydrogen-bond acceptors (Lipinski definition) is 5. The van der Waals surface area contributed by atoms with Gasteiger partial charge in [-0.3, -0.25) is 0 Å². The van der Waals surface area contributed by atoms with Crippen LogP contribution in [-0.2, 0) is 22.7 Å². The number of aromatic amines is 1. The van der Waals surface area contributed by atoms with Gasteiger partial charge in [0.2, 0.25) is 0 Å². The number of hydrogen-bond donors (Lipinski definition) is 1. The minimum atomic E-state index is -0.454. The average molecular weight is 440 g/mol. The van der Waals surface area contributed by atoms with Gasteiger partial charge >= 0.3 is 5.97 Å². The maximum absolute atomic E-state index is 12.5. The lowest BCUT2D eigenvalue weighted by Crippen LogP contribution is -2.11. The molecule has 0 saturated heterocycles. The van der Waals surface area contributed by atoms with Crippen LogP contribution in [0.15, 0.2) is 66.9 Å². The second-order valence-electron chi connectivity index (χ2n) is 7.83. The molecule has 0 fully saturated rings. The van der Waals surface area contributed by atoms with Crippen molar-refractivity contribution in [3.05, 3.63) is 83.7 Å². The van der Waals surface area contributed by atoms with Crippen LogP contribution in [-0.4, -0.2) is 29.7 Å². The van der Waals surface area contributed by atoms with Crippen LogP contribution >= 0.6 is 0 Å². The Hall–Kier alpha value is -3.90. The number of H-pyrrole nitrogens is 1. The Morgan fingerprint density at radius 2 is 1.82 bits per heavy atom. The first-order chi connectivity index (χ1) is 16.2. The number of nitrogens with zero attached hydrogens (tertiary/aromatic N) is 1. The minimum Gasteiger partial charge on any atom is -0.489 e. The van der Waals surface area contributed by atoms with Crippen molar-refractivity contribution in [2.45, 2.75) is 20.1 Å². The number of methoxy groups -OCH3 is 1. The summed E-state index contributed by atoms with van der Waals surface area (Å²) in [7, 11) is 1.60. The molecule has 2 heterocycles. The summed E-state index contributed by atoms with van der Waals surface area (Å²) in [6.45, 7) is 2.76. The summed E-state index contributed by atoms with van der Waals surface area (Å²) in [4.78, 5) is 20.2. The number of carbonyl (C=O) groups excluding carboxylic acids is 1. The van der Waals surface area contributed by atoms with Crippen LogP contribution in [0.3, 0.4) is 0 Å². The summed E-state index contributed by atoms with van der Waals surface area (Å²) in [5.41, 5.74) is 3.84. The van der Waals surface area contributed by atoms with Gasteiger partial charge in [-0.1, -0.05) is 36.4 Å². The van der Waals surface area contributed by atoms with E-state index in [2.05, 4.69) is 40.3 Å². The van der Waals surface area contributed by atoms with E-state index >= 15 is 0 Å². The lowest BCUT2D eigenvalue weighted by atomic mass is 10.1. The Kier molecular flexibility index (Phi) is 5.67. The number of rotatable bonds is 7. The molecule has 0 atom stereocenters. The first kappa shape index (κ1) is 21.0. The standard InChI is InChI=1S/C27H24N2O4/c1-3-32-27(30)26-22(16-31-2)25-21-13-20(10-11-23(21)29-24(25)14-28-26)33-15-17-8-9-18-6-4-5-7-19(18)12-17/h4-14,29H,3,15-16H2,1-2H3. The molecule has 166 valence electrons. The molecule has 6 heteroatoms. The summed E-state index contributed by atoms with van der Waals surface area (Å²) in [6, 6.07) is 20.5. The van der Waals surface area contributed by atoms with Crippen LogP contribution < -0.4 is 4.74 Å². The molecular weight excluding hydrogens is 416 g/mol. The molecule has 0 unspecified atom stereocenters. The van der Waals surface area contributed by atoms with Crippen LogP contribution in [0.4, 0.5) is 0 Å². The maximum Gasteiger partial charge on any atom is 0.357 e. The highest BCUT2D eigenvalue weighted by atomic mass is 16.5. The van der Waals surface area contributed by atoms with Crippen molar-refractivity contribution in [1.82, 2.24) is 9.97 Å². The molecule has 3 aromatic carbocycles. The maximum atomic E-state index is 12.5. The third-order valence-corrected chi connectivity index (χ3v) is 5.69. The lowest BCUT2D eigenvalue weighted by Gasteiger charge is -2.10. The predicted molar refractivity (Wildman–Crippen MR) is 129 cm³/mol. The highest BCUT2D eigenvalue weighted by Crippen LogP contribution is 2.33. The fraction of sp³-hybridized carbons (Fsp3) is 0.185. The Morgan fingerprint density at radius 3 is 2.64 bits per heavy atom. The number of pyridine rings is 1. The quantitative estimate of drug-likeness (QED) is 0.325. The Bertz CT molecular complexity index is 1470. The van der Waals surface area contributed by atoms with Crippen LogP contribution in [0.5, 0.6) is 5.75 Å². The van der Waals surface area contributed by atoms with Gasteiger partial charge in [0.1, 0.15) is 12.4 Å². The van der Waals surface area contributed by atoms with Gasteiger partial charge in [0.25, 0.3) is 0 Å². The number of aromatic nitrogens is 2. The van der Waals surface area contributed by atoms with Crippen LogP contribution in [0.2, 0.25) is 0 Å². The van der Waals surface area contributed by atoms with E-state index in [4.69, 9.17) is 14.2 Å². The number of esters is 1. The van der Waals surface area contributed by atoms with E-state index < -0.39 is 5.97 Å². The second-order valence-corrected chi connectivity index (χ2v) is 7.83. The first-order valence-corrected chi connectivity index (χ1v) is 10.9. The summed E-state index contributed by atoms with van der Waals surface area (Å²) in [5.74, 6) is 0.291. The topological polar surface area (TPSA) is 73.4 Å². The molecule has 0 aliphatic carbocycles. The van der Waals surface area contributed by atoms with Gasteiger partial charge in [-0.15, -0.1) is 0 Å². The molecule has 0 aliphatic rings. The van der Waals surface area contributed by atoms with Gasteiger partial charge in [0.05, 0.1) is 24.9 Å². The molecule has 1 N–H and O–H groups in total. The van der Waals surface area contributed by atoms with Crippen LogP contribution in [0.25, 0.3) is 32.6 Å². The van der Waals surface area contributed by atoms with E-state index in [1.54, 1.807) is 20.2 Å². The van der Waals surface area contributed by atoms with Crippen molar-refractivity contribution >= 4 is 38.5 Å². The highest BCUT2D eigenvalue weighted by Gasteiger charge is 2.20. The van der Waals surface area contributed by atoms with Crippen LogP contribution in [0, 0.1) is 0 Å². The number of fused-ring (bicyclic) bond motifs is 4. The van der Waals surface area contributed by atoms with Gasteiger partial charge in [0, 0.05) is 29.0 Å². The molecule has 0 saturated carbocycles. The molecule has 0 aliphatic heterocycles. The first-order valence-electron chi connectivity index (χ1n) is 10.9. The molecule has 0 amide bonds. The van der Waals surface area contributed by atoms with Gasteiger partial charge in [-0.25, -0.2) is 9.78 Å². The van der Waals surface area contributed by atoms with Crippen molar-refractivity contribution in [3.8, 4) is 5.75 Å². The average Bonchev–Trinajstić information content (AvgIpc) is 3.21. The van der Waals surface area contributed by atoms with Crippen LogP contribution in [0.1, 0.15) is 28.5 Å².